The molecule has 0 aromatic heterocycles. The highest BCUT2D eigenvalue weighted by Gasteiger charge is 2.15. The van der Waals surface area contributed by atoms with Crippen LogP contribution >= 0.6 is 0 Å². The molecule has 0 heterocycles. The largest absolute Gasteiger partial charge is 0.198 e. The van der Waals surface area contributed by atoms with Crippen LogP contribution in [0.25, 0.3) is 0 Å². The summed E-state index contributed by atoms with van der Waals surface area (Å²) in [7, 11) is 0. The van der Waals surface area contributed by atoms with Gasteiger partial charge in [-0.15, -0.1) is 0 Å². The van der Waals surface area contributed by atoms with E-state index in [2.05, 4.69) is 25.1 Å². The van der Waals surface area contributed by atoms with Gasteiger partial charge < -0.3 is 0 Å². The number of benzene rings is 1. The molecule has 0 spiro atoms. The van der Waals surface area contributed by atoms with Gasteiger partial charge in [0.15, 0.2) is 0 Å². The maximum Gasteiger partial charge on any atom is 0.0659 e. The Bertz CT molecular complexity index is 284. The summed E-state index contributed by atoms with van der Waals surface area (Å²) < 4.78 is 0. The Morgan fingerprint density at radius 1 is 1.31 bits per heavy atom. The third-order valence-corrected chi connectivity index (χ3v) is 2.47. The van der Waals surface area contributed by atoms with Gasteiger partial charge in [0.05, 0.1) is 12.0 Å². The highest BCUT2D eigenvalue weighted by atomic mass is 14.3. The van der Waals surface area contributed by atoms with Crippen molar-refractivity contribution in [1.82, 2.24) is 0 Å². The summed E-state index contributed by atoms with van der Waals surface area (Å²) in [4.78, 5) is 0. The predicted octanol–water partition coefficient (Wildman–Crippen LogP) is 3.34. The lowest BCUT2D eigenvalue weighted by molar-refractivity contribution is 0.541. The fourth-order valence-electron chi connectivity index (χ4n) is 1.67. The SMILES string of the molecule is CCC(c1ccccc1)C(C)C#N. The molecule has 0 amide bonds. The Hall–Kier alpha value is -1.29. The van der Waals surface area contributed by atoms with Gasteiger partial charge in [0.1, 0.15) is 0 Å². The molecule has 0 saturated carbocycles. The van der Waals surface area contributed by atoms with Gasteiger partial charge in [0, 0.05) is 0 Å². The predicted molar refractivity (Wildman–Crippen MR) is 54.3 cm³/mol. The Kier molecular flexibility index (Phi) is 3.52. The van der Waals surface area contributed by atoms with E-state index in [1.165, 1.54) is 5.56 Å². The van der Waals surface area contributed by atoms with E-state index in [0.717, 1.165) is 6.42 Å². The molecule has 13 heavy (non-hydrogen) atoms. The molecule has 0 aliphatic rings. The highest BCUT2D eigenvalue weighted by molar-refractivity contribution is 5.21. The molecular weight excluding hydrogens is 158 g/mol. The summed E-state index contributed by atoms with van der Waals surface area (Å²) in [5.41, 5.74) is 1.28. The first-order chi connectivity index (χ1) is 6.29. The standard InChI is InChI=1S/C12H15N/c1-3-12(10(2)9-13)11-7-5-4-6-8-11/h4-8,10,12H,3H2,1-2H3. The van der Waals surface area contributed by atoms with Crippen molar-refractivity contribution < 1.29 is 0 Å². The van der Waals surface area contributed by atoms with Gasteiger partial charge in [-0.2, -0.15) is 5.26 Å². The number of rotatable bonds is 3. The van der Waals surface area contributed by atoms with Gasteiger partial charge in [0.25, 0.3) is 0 Å². The van der Waals surface area contributed by atoms with E-state index >= 15 is 0 Å². The average molecular weight is 173 g/mol. The summed E-state index contributed by atoms with van der Waals surface area (Å²) in [5, 5.41) is 8.85. The van der Waals surface area contributed by atoms with E-state index in [4.69, 9.17) is 5.26 Å². The number of hydrogen-bond donors (Lipinski definition) is 0. The molecule has 0 N–H and O–H groups in total. The highest BCUT2D eigenvalue weighted by Crippen LogP contribution is 2.26. The summed E-state index contributed by atoms with van der Waals surface area (Å²) in [6.45, 7) is 4.12. The van der Waals surface area contributed by atoms with Crippen LogP contribution in [0.15, 0.2) is 30.3 Å². The van der Waals surface area contributed by atoms with E-state index < -0.39 is 0 Å². The summed E-state index contributed by atoms with van der Waals surface area (Å²) >= 11 is 0. The Labute approximate surface area is 80.0 Å². The molecule has 0 aliphatic carbocycles. The van der Waals surface area contributed by atoms with Crippen LogP contribution in [-0.2, 0) is 0 Å². The Morgan fingerprint density at radius 3 is 2.38 bits per heavy atom. The lowest BCUT2D eigenvalue weighted by Crippen LogP contribution is -2.06. The molecule has 1 rings (SSSR count). The van der Waals surface area contributed by atoms with Crippen LogP contribution in [0.2, 0.25) is 0 Å². The van der Waals surface area contributed by atoms with E-state index in [1.807, 2.05) is 25.1 Å². The van der Waals surface area contributed by atoms with Crippen molar-refractivity contribution in [3.8, 4) is 6.07 Å². The molecule has 0 fully saturated rings. The van der Waals surface area contributed by atoms with E-state index in [9.17, 15) is 0 Å². The molecule has 0 aliphatic heterocycles. The minimum absolute atomic E-state index is 0.104. The Morgan fingerprint density at radius 2 is 1.92 bits per heavy atom. The van der Waals surface area contributed by atoms with Crippen molar-refractivity contribution in [3.05, 3.63) is 35.9 Å². The Balaban J connectivity index is 2.86. The molecule has 0 bridgehead atoms. The second kappa shape index (κ2) is 4.67. The first kappa shape index (κ1) is 9.80. The molecule has 0 radical (unpaired) electrons. The summed E-state index contributed by atoms with van der Waals surface area (Å²) in [5.74, 6) is 0.485. The lowest BCUT2D eigenvalue weighted by Gasteiger charge is -2.16. The molecule has 1 heteroatoms. The van der Waals surface area contributed by atoms with Gasteiger partial charge in [0.2, 0.25) is 0 Å². The third-order valence-electron chi connectivity index (χ3n) is 2.47. The first-order valence-corrected chi connectivity index (χ1v) is 4.74. The number of hydrogen-bond acceptors (Lipinski definition) is 1. The number of nitriles is 1. The van der Waals surface area contributed by atoms with E-state index in [0.29, 0.717) is 5.92 Å². The van der Waals surface area contributed by atoms with E-state index in [1.54, 1.807) is 0 Å². The lowest BCUT2D eigenvalue weighted by atomic mass is 9.86. The number of nitrogens with zero attached hydrogens (tertiary/aromatic N) is 1. The third kappa shape index (κ3) is 2.32. The maximum absolute atomic E-state index is 8.85. The van der Waals surface area contributed by atoms with E-state index in [-0.39, 0.29) is 5.92 Å². The van der Waals surface area contributed by atoms with Crippen molar-refractivity contribution >= 4 is 0 Å². The molecule has 68 valence electrons. The van der Waals surface area contributed by atoms with Gasteiger partial charge >= 0.3 is 0 Å². The monoisotopic (exact) mass is 173 g/mol. The van der Waals surface area contributed by atoms with Gasteiger partial charge in [-0.25, -0.2) is 0 Å². The molecule has 0 saturated heterocycles. The van der Waals surface area contributed by atoms with Crippen molar-refractivity contribution in [2.24, 2.45) is 5.92 Å². The normalized spacial score (nSPS) is 14.5. The van der Waals surface area contributed by atoms with Crippen LogP contribution in [0, 0.1) is 17.2 Å². The zero-order valence-electron chi connectivity index (χ0n) is 8.20. The first-order valence-electron chi connectivity index (χ1n) is 4.74. The van der Waals surface area contributed by atoms with Crippen LogP contribution in [0.4, 0.5) is 0 Å². The summed E-state index contributed by atoms with van der Waals surface area (Å²) in [6, 6.07) is 12.6. The minimum Gasteiger partial charge on any atom is -0.198 e. The van der Waals surface area contributed by atoms with Crippen LogP contribution in [0.1, 0.15) is 31.7 Å². The second-order valence-corrected chi connectivity index (χ2v) is 3.34. The van der Waals surface area contributed by atoms with Crippen molar-refractivity contribution in [2.75, 3.05) is 0 Å². The smallest absolute Gasteiger partial charge is 0.0659 e. The fraction of sp³-hybridized carbons (Fsp3) is 0.417. The van der Waals surface area contributed by atoms with Gasteiger partial charge in [-0.05, 0) is 24.8 Å². The maximum atomic E-state index is 8.85. The van der Waals surface area contributed by atoms with Crippen molar-refractivity contribution in [1.29, 1.82) is 5.26 Å². The molecule has 2 unspecified atom stereocenters. The molecule has 1 aromatic rings. The zero-order valence-corrected chi connectivity index (χ0v) is 8.20. The van der Waals surface area contributed by atoms with Gasteiger partial charge in [-0.3, -0.25) is 0 Å². The summed E-state index contributed by atoms with van der Waals surface area (Å²) in [6.07, 6.45) is 1.03. The molecule has 1 nitrogen and oxygen atoms in total. The van der Waals surface area contributed by atoms with Crippen molar-refractivity contribution in [3.63, 3.8) is 0 Å². The minimum atomic E-state index is 0.104. The van der Waals surface area contributed by atoms with Crippen LogP contribution in [0.3, 0.4) is 0 Å². The van der Waals surface area contributed by atoms with Crippen LogP contribution in [0.5, 0.6) is 0 Å². The fourth-order valence-corrected chi connectivity index (χ4v) is 1.67. The molecule has 2 atom stereocenters. The topological polar surface area (TPSA) is 23.8 Å². The average Bonchev–Trinajstić information content (AvgIpc) is 2.20. The molecule has 1 aromatic carbocycles. The zero-order chi connectivity index (χ0) is 9.68. The van der Waals surface area contributed by atoms with Crippen molar-refractivity contribution in [2.45, 2.75) is 26.2 Å². The second-order valence-electron chi connectivity index (χ2n) is 3.34. The van der Waals surface area contributed by atoms with Crippen LogP contribution < -0.4 is 0 Å². The molecular formula is C12H15N. The van der Waals surface area contributed by atoms with Gasteiger partial charge in [-0.1, -0.05) is 37.3 Å². The van der Waals surface area contributed by atoms with Crippen LogP contribution in [-0.4, -0.2) is 0 Å². The quantitative estimate of drug-likeness (QED) is 0.687.